The predicted molar refractivity (Wildman–Crippen MR) is 96.1 cm³/mol. The first kappa shape index (κ1) is 18.1. The minimum atomic E-state index is -0.259. The molecule has 2 saturated heterocycles. The van der Waals surface area contributed by atoms with Crippen LogP contribution in [0.3, 0.4) is 0 Å². The molecule has 0 bridgehead atoms. The third kappa shape index (κ3) is 4.92. The van der Waals surface area contributed by atoms with E-state index >= 15 is 0 Å². The minimum absolute atomic E-state index is 0.00321. The molecule has 8 heteroatoms. The van der Waals surface area contributed by atoms with Crippen LogP contribution in [0, 0.1) is 5.92 Å². The standard InChI is InChI=1S/C17H26N4O3S/c18-17-20-13(11-25-17)3-1-7-19-15(22)12-5-8-21(9-6-12)16(23)14-4-2-10-24-14/h11-12,14H,1-10H2,(H2,18,20)(H,19,22). The van der Waals surface area contributed by atoms with Gasteiger partial charge in [-0.3, -0.25) is 9.59 Å². The molecule has 1 aromatic heterocycles. The quantitative estimate of drug-likeness (QED) is 0.737. The molecule has 3 heterocycles. The first-order valence-electron chi connectivity index (χ1n) is 9.01. The molecule has 0 spiro atoms. The zero-order chi connectivity index (χ0) is 17.6. The van der Waals surface area contributed by atoms with Gasteiger partial charge in [0.25, 0.3) is 5.91 Å². The fourth-order valence-electron chi connectivity index (χ4n) is 3.40. The van der Waals surface area contributed by atoms with Crippen LogP contribution in [0.4, 0.5) is 5.13 Å². The van der Waals surface area contributed by atoms with E-state index in [0.717, 1.165) is 44.2 Å². The zero-order valence-corrected chi connectivity index (χ0v) is 15.2. The first-order valence-corrected chi connectivity index (χ1v) is 9.89. The molecule has 0 aromatic carbocycles. The summed E-state index contributed by atoms with van der Waals surface area (Å²) in [5, 5.41) is 5.55. The number of nitrogens with zero attached hydrogens (tertiary/aromatic N) is 2. The van der Waals surface area contributed by atoms with Gasteiger partial charge in [0.15, 0.2) is 5.13 Å². The number of carbonyl (C=O) groups excluding carboxylic acids is 2. The van der Waals surface area contributed by atoms with Crippen molar-refractivity contribution >= 4 is 28.3 Å². The number of nitrogen functional groups attached to an aromatic ring is 1. The number of hydrogen-bond donors (Lipinski definition) is 2. The fraction of sp³-hybridized carbons (Fsp3) is 0.706. The number of amides is 2. The summed E-state index contributed by atoms with van der Waals surface area (Å²) in [6, 6.07) is 0. The van der Waals surface area contributed by atoms with Crippen LogP contribution >= 0.6 is 11.3 Å². The molecule has 1 aromatic rings. The average molecular weight is 366 g/mol. The number of aromatic nitrogens is 1. The normalized spacial score (nSPS) is 21.4. The summed E-state index contributed by atoms with van der Waals surface area (Å²) in [7, 11) is 0. The summed E-state index contributed by atoms with van der Waals surface area (Å²) in [5.74, 6) is 0.198. The van der Waals surface area contributed by atoms with E-state index in [-0.39, 0.29) is 23.8 Å². The van der Waals surface area contributed by atoms with Gasteiger partial charge in [0.05, 0.1) is 5.69 Å². The molecular weight excluding hydrogens is 340 g/mol. The van der Waals surface area contributed by atoms with Crippen LogP contribution in [0.2, 0.25) is 0 Å². The number of hydrogen-bond acceptors (Lipinski definition) is 6. The van der Waals surface area contributed by atoms with E-state index in [0.29, 0.717) is 31.4 Å². The highest BCUT2D eigenvalue weighted by molar-refractivity contribution is 7.13. The lowest BCUT2D eigenvalue weighted by molar-refractivity contribution is -0.143. The Morgan fingerprint density at radius 2 is 2.16 bits per heavy atom. The van der Waals surface area contributed by atoms with Crippen LogP contribution in [0.1, 0.15) is 37.8 Å². The monoisotopic (exact) mass is 366 g/mol. The highest BCUT2D eigenvalue weighted by Crippen LogP contribution is 2.21. The van der Waals surface area contributed by atoms with Crippen LogP contribution < -0.4 is 11.1 Å². The lowest BCUT2D eigenvalue weighted by Crippen LogP contribution is -2.46. The smallest absolute Gasteiger partial charge is 0.251 e. The molecule has 2 aliphatic rings. The van der Waals surface area contributed by atoms with E-state index in [2.05, 4.69) is 10.3 Å². The number of ether oxygens (including phenoxy) is 1. The van der Waals surface area contributed by atoms with Crippen molar-refractivity contribution in [3.63, 3.8) is 0 Å². The van der Waals surface area contributed by atoms with E-state index in [1.165, 1.54) is 11.3 Å². The number of aryl methyl sites for hydroxylation is 1. The molecule has 1 atom stereocenters. The van der Waals surface area contributed by atoms with Gasteiger partial charge in [-0.15, -0.1) is 11.3 Å². The average Bonchev–Trinajstić information content (AvgIpc) is 3.30. The van der Waals surface area contributed by atoms with Gasteiger partial charge in [-0.25, -0.2) is 4.98 Å². The molecule has 1 unspecified atom stereocenters. The Hall–Kier alpha value is -1.67. The van der Waals surface area contributed by atoms with E-state index in [9.17, 15) is 9.59 Å². The molecule has 3 rings (SSSR count). The maximum Gasteiger partial charge on any atom is 0.251 e. The maximum absolute atomic E-state index is 12.3. The number of likely N-dealkylation sites (tertiary alicyclic amines) is 1. The fourth-order valence-corrected chi connectivity index (χ4v) is 4.00. The highest BCUT2D eigenvalue weighted by Gasteiger charge is 2.32. The van der Waals surface area contributed by atoms with Crippen LogP contribution in [0.15, 0.2) is 5.38 Å². The van der Waals surface area contributed by atoms with E-state index < -0.39 is 0 Å². The van der Waals surface area contributed by atoms with Crippen LogP contribution in [-0.2, 0) is 20.7 Å². The SMILES string of the molecule is Nc1nc(CCCNC(=O)C2CCN(C(=O)C3CCCO3)CC2)cs1. The van der Waals surface area contributed by atoms with Crippen molar-refractivity contribution in [2.24, 2.45) is 5.92 Å². The van der Waals surface area contributed by atoms with E-state index in [1.807, 2.05) is 10.3 Å². The second-order valence-corrected chi connectivity index (χ2v) is 7.56. The number of nitrogens with two attached hydrogens (primary N) is 1. The van der Waals surface area contributed by atoms with Crippen molar-refractivity contribution in [1.82, 2.24) is 15.2 Å². The summed E-state index contributed by atoms with van der Waals surface area (Å²) in [6.07, 6.45) is 4.66. The molecule has 2 fully saturated rings. The van der Waals surface area contributed by atoms with Crippen molar-refractivity contribution in [2.45, 2.75) is 44.6 Å². The van der Waals surface area contributed by atoms with Gasteiger partial charge in [-0.1, -0.05) is 0 Å². The number of anilines is 1. The summed E-state index contributed by atoms with van der Waals surface area (Å²) in [5.41, 5.74) is 6.59. The molecule has 7 nitrogen and oxygen atoms in total. The molecular formula is C17H26N4O3S. The Bertz CT molecular complexity index is 592. The van der Waals surface area contributed by atoms with Crippen molar-refractivity contribution in [3.05, 3.63) is 11.1 Å². The van der Waals surface area contributed by atoms with Crippen molar-refractivity contribution in [3.8, 4) is 0 Å². The molecule has 0 aliphatic carbocycles. The van der Waals surface area contributed by atoms with Gasteiger partial charge >= 0.3 is 0 Å². The number of piperidine rings is 1. The van der Waals surface area contributed by atoms with Gasteiger partial charge in [0, 0.05) is 37.5 Å². The third-order valence-corrected chi connectivity index (χ3v) is 5.58. The van der Waals surface area contributed by atoms with Crippen LogP contribution in [0.5, 0.6) is 0 Å². The lowest BCUT2D eigenvalue weighted by atomic mass is 9.95. The van der Waals surface area contributed by atoms with Crippen molar-refractivity contribution in [2.75, 3.05) is 32.0 Å². The van der Waals surface area contributed by atoms with Gasteiger partial charge in [0.1, 0.15) is 6.10 Å². The molecule has 138 valence electrons. The van der Waals surface area contributed by atoms with E-state index in [1.54, 1.807) is 0 Å². The number of nitrogens with one attached hydrogen (secondary N) is 1. The van der Waals surface area contributed by atoms with Gasteiger partial charge in [0.2, 0.25) is 5.91 Å². The Balaban J connectivity index is 1.33. The topological polar surface area (TPSA) is 97.5 Å². The Morgan fingerprint density at radius 3 is 2.80 bits per heavy atom. The van der Waals surface area contributed by atoms with E-state index in [4.69, 9.17) is 10.5 Å². The highest BCUT2D eigenvalue weighted by atomic mass is 32.1. The van der Waals surface area contributed by atoms with Gasteiger partial charge in [-0.2, -0.15) is 0 Å². The molecule has 2 amide bonds. The van der Waals surface area contributed by atoms with Crippen molar-refractivity contribution < 1.29 is 14.3 Å². The summed E-state index contributed by atoms with van der Waals surface area (Å²) in [4.78, 5) is 30.6. The predicted octanol–water partition coefficient (Wildman–Crippen LogP) is 1.19. The Kier molecular flexibility index (Phi) is 6.25. The van der Waals surface area contributed by atoms with Gasteiger partial charge < -0.3 is 20.7 Å². The van der Waals surface area contributed by atoms with Crippen molar-refractivity contribution in [1.29, 1.82) is 0 Å². The van der Waals surface area contributed by atoms with Crippen LogP contribution in [0.25, 0.3) is 0 Å². The zero-order valence-electron chi connectivity index (χ0n) is 14.4. The summed E-state index contributed by atoms with van der Waals surface area (Å²) in [6.45, 7) is 2.62. The first-order chi connectivity index (χ1) is 12.1. The Labute approximate surface area is 151 Å². The minimum Gasteiger partial charge on any atom is -0.375 e. The number of rotatable bonds is 6. The second-order valence-electron chi connectivity index (χ2n) is 6.67. The lowest BCUT2D eigenvalue weighted by Gasteiger charge is -2.32. The summed E-state index contributed by atoms with van der Waals surface area (Å²) >= 11 is 1.44. The summed E-state index contributed by atoms with van der Waals surface area (Å²) < 4.78 is 5.46. The Morgan fingerprint density at radius 1 is 1.36 bits per heavy atom. The van der Waals surface area contributed by atoms with Crippen LogP contribution in [-0.4, -0.2) is 54.0 Å². The number of carbonyl (C=O) groups is 2. The molecule has 25 heavy (non-hydrogen) atoms. The molecule has 2 aliphatic heterocycles. The number of thiazole rings is 1. The second kappa shape index (κ2) is 8.62. The third-order valence-electron chi connectivity index (χ3n) is 4.86. The molecule has 0 radical (unpaired) electrons. The molecule has 3 N–H and O–H groups in total. The molecule has 0 saturated carbocycles. The van der Waals surface area contributed by atoms with Gasteiger partial charge in [-0.05, 0) is 38.5 Å². The maximum atomic E-state index is 12.3. The largest absolute Gasteiger partial charge is 0.375 e.